The zero-order valence-electron chi connectivity index (χ0n) is 18.8. The number of aromatic hydroxyl groups is 1. The lowest BCUT2D eigenvalue weighted by molar-refractivity contribution is -0.140. The topological polar surface area (TPSA) is 192 Å². The van der Waals surface area contributed by atoms with E-state index in [4.69, 9.17) is 10.8 Å². The quantitative estimate of drug-likeness (QED) is 0.259. The number of carbonyl (C=O) groups is 3. The molecule has 7 N–H and O–H groups in total. The summed E-state index contributed by atoms with van der Waals surface area (Å²) in [7, 11) is 0. The summed E-state index contributed by atoms with van der Waals surface area (Å²) in [5.41, 5.74) is 7.45. The van der Waals surface area contributed by atoms with Crippen molar-refractivity contribution in [3.63, 3.8) is 0 Å². The maximum absolute atomic E-state index is 12.6. The fourth-order valence-electron chi connectivity index (χ4n) is 4.31. The summed E-state index contributed by atoms with van der Waals surface area (Å²) >= 11 is 0. The van der Waals surface area contributed by atoms with Crippen LogP contribution in [0.1, 0.15) is 61.0 Å². The van der Waals surface area contributed by atoms with Gasteiger partial charge < -0.3 is 31.4 Å². The van der Waals surface area contributed by atoms with E-state index in [1.165, 1.54) is 0 Å². The Morgan fingerprint density at radius 1 is 1.12 bits per heavy atom. The molecule has 0 saturated carbocycles. The van der Waals surface area contributed by atoms with Crippen LogP contribution in [0.15, 0.2) is 30.5 Å². The molecule has 0 spiro atoms. The average Bonchev–Trinajstić information content (AvgIpc) is 3.22. The molecule has 34 heavy (non-hydrogen) atoms. The molecule has 0 bridgehead atoms. The second-order valence-corrected chi connectivity index (χ2v) is 7.99. The Morgan fingerprint density at radius 2 is 1.76 bits per heavy atom. The number of nitrogens with zero attached hydrogens (tertiary/aromatic N) is 2. The highest BCUT2D eigenvalue weighted by molar-refractivity contribution is 5.96. The number of H-pyrrole nitrogens is 1. The molecule has 0 aliphatic carbocycles. The van der Waals surface area contributed by atoms with E-state index in [-0.39, 0.29) is 30.2 Å². The molecule has 11 heteroatoms. The summed E-state index contributed by atoms with van der Waals surface area (Å²) in [6.07, 6.45) is 2.51. The molecule has 180 valence electrons. The zero-order valence-corrected chi connectivity index (χ0v) is 18.8. The predicted octanol–water partition coefficient (Wildman–Crippen LogP) is 2.40. The Kier molecular flexibility index (Phi) is 7.04. The third-order valence-electron chi connectivity index (χ3n) is 6.20. The number of carboxylic acid groups (broad SMARTS) is 2. The number of rotatable bonds is 10. The summed E-state index contributed by atoms with van der Waals surface area (Å²) in [5, 5.41) is 31.4. The molecule has 0 aliphatic heterocycles. The van der Waals surface area contributed by atoms with Crippen LogP contribution in [0.3, 0.4) is 0 Å². The Hall–Kier alpha value is -4.15. The lowest BCUT2D eigenvalue weighted by Gasteiger charge is -2.32. The molecule has 1 atom stereocenters. The van der Waals surface area contributed by atoms with Gasteiger partial charge in [0.15, 0.2) is 0 Å². The maximum atomic E-state index is 12.6. The summed E-state index contributed by atoms with van der Waals surface area (Å²) in [5.74, 6) is -3.32. The summed E-state index contributed by atoms with van der Waals surface area (Å²) in [4.78, 5) is 45.8. The van der Waals surface area contributed by atoms with Crippen LogP contribution in [0.4, 0.5) is 5.95 Å². The van der Waals surface area contributed by atoms with Crippen molar-refractivity contribution >= 4 is 34.8 Å². The van der Waals surface area contributed by atoms with Crippen LogP contribution in [-0.4, -0.2) is 54.2 Å². The zero-order chi connectivity index (χ0) is 25.0. The Morgan fingerprint density at radius 3 is 2.32 bits per heavy atom. The molecule has 0 unspecified atom stereocenters. The molecule has 0 fully saturated rings. The summed E-state index contributed by atoms with van der Waals surface area (Å²) in [6.45, 7) is 4.02. The number of nitrogens with one attached hydrogen (secondary N) is 2. The van der Waals surface area contributed by atoms with E-state index in [0.717, 1.165) is 11.1 Å². The van der Waals surface area contributed by atoms with E-state index >= 15 is 0 Å². The van der Waals surface area contributed by atoms with Gasteiger partial charge in [0.1, 0.15) is 11.7 Å². The van der Waals surface area contributed by atoms with Gasteiger partial charge in [-0.2, -0.15) is 9.97 Å². The number of aromatic amines is 1. The van der Waals surface area contributed by atoms with Crippen molar-refractivity contribution in [2.75, 3.05) is 5.73 Å². The number of carbonyl (C=O) groups excluding carboxylic acids is 1. The second kappa shape index (κ2) is 9.77. The molecule has 1 amide bonds. The van der Waals surface area contributed by atoms with E-state index in [2.05, 4.69) is 20.3 Å². The minimum atomic E-state index is -1.31. The van der Waals surface area contributed by atoms with Crippen LogP contribution in [0.2, 0.25) is 0 Å². The first-order chi connectivity index (χ1) is 16.1. The third-order valence-corrected chi connectivity index (χ3v) is 6.20. The van der Waals surface area contributed by atoms with Gasteiger partial charge in [-0.05, 0) is 42.5 Å². The largest absolute Gasteiger partial charge is 0.493 e. The first kappa shape index (κ1) is 24.5. The number of nitrogens with two attached hydrogens (primary N) is 1. The van der Waals surface area contributed by atoms with Crippen molar-refractivity contribution in [1.29, 1.82) is 0 Å². The fraction of sp³-hybridized carbons (Fsp3) is 0.348. The van der Waals surface area contributed by atoms with Crippen molar-refractivity contribution in [3.05, 3.63) is 47.2 Å². The number of anilines is 1. The highest BCUT2D eigenvalue weighted by atomic mass is 16.4. The number of carboxylic acids is 2. The summed E-state index contributed by atoms with van der Waals surface area (Å²) in [6, 6.07) is 5.43. The lowest BCUT2D eigenvalue weighted by atomic mass is 9.70. The van der Waals surface area contributed by atoms with E-state index in [1.807, 2.05) is 13.8 Å². The minimum Gasteiger partial charge on any atom is -0.493 e. The predicted molar refractivity (Wildman–Crippen MR) is 124 cm³/mol. The van der Waals surface area contributed by atoms with E-state index in [9.17, 15) is 24.6 Å². The molecule has 3 aromatic rings. The maximum Gasteiger partial charge on any atom is 0.326 e. The van der Waals surface area contributed by atoms with Crippen molar-refractivity contribution in [2.24, 2.45) is 0 Å². The number of nitrogen functional groups attached to an aromatic ring is 1. The normalized spacial score (nSPS) is 12.4. The smallest absolute Gasteiger partial charge is 0.326 e. The fourth-order valence-corrected chi connectivity index (χ4v) is 4.31. The van der Waals surface area contributed by atoms with Crippen LogP contribution in [0, 0.1) is 0 Å². The Labute approximate surface area is 195 Å². The number of hydrogen-bond acceptors (Lipinski definition) is 7. The van der Waals surface area contributed by atoms with Crippen LogP contribution < -0.4 is 11.1 Å². The van der Waals surface area contributed by atoms with Crippen molar-refractivity contribution < 1.29 is 29.7 Å². The van der Waals surface area contributed by atoms with Gasteiger partial charge >= 0.3 is 11.9 Å². The SMILES string of the molecule is CCC(CC)(c1ccc(C(=O)N[C@@H](CCC(=O)O)C(=O)O)cc1)c1c[nH]c2nc(N)nc(O)c12. The van der Waals surface area contributed by atoms with Crippen LogP contribution in [0.5, 0.6) is 5.88 Å². The Bertz CT molecular complexity index is 1220. The average molecular weight is 469 g/mol. The molecule has 0 saturated heterocycles. The van der Waals surface area contributed by atoms with E-state index in [0.29, 0.717) is 23.9 Å². The molecule has 0 aliphatic rings. The van der Waals surface area contributed by atoms with Gasteiger partial charge in [-0.25, -0.2) is 4.79 Å². The lowest BCUT2D eigenvalue weighted by Crippen LogP contribution is -2.41. The minimum absolute atomic E-state index is 0.0459. The molecule has 0 radical (unpaired) electrons. The first-order valence-electron chi connectivity index (χ1n) is 10.8. The monoisotopic (exact) mass is 469 g/mol. The number of benzene rings is 1. The van der Waals surface area contributed by atoms with Gasteiger partial charge in [0.05, 0.1) is 5.39 Å². The van der Waals surface area contributed by atoms with Crippen molar-refractivity contribution in [2.45, 2.75) is 51.0 Å². The highest BCUT2D eigenvalue weighted by Crippen LogP contribution is 2.43. The van der Waals surface area contributed by atoms with Gasteiger partial charge in [-0.15, -0.1) is 0 Å². The molecule has 2 aromatic heterocycles. The third kappa shape index (κ3) is 4.63. The number of aliphatic carboxylic acids is 2. The van der Waals surface area contributed by atoms with Gasteiger partial charge in [0.2, 0.25) is 11.8 Å². The number of fused-ring (bicyclic) bond motifs is 1. The number of aromatic nitrogens is 3. The van der Waals surface area contributed by atoms with E-state index < -0.39 is 29.3 Å². The molecule has 1 aromatic carbocycles. The van der Waals surface area contributed by atoms with Crippen molar-refractivity contribution in [3.8, 4) is 5.88 Å². The van der Waals surface area contributed by atoms with Crippen LogP contribution in [0.25, 0.3) is 11.0 Å². The van der Waals surface area contributed by atoms with Gasteiger partial charge in [0, 0.05) is 23.6 Å². The molecule has 3 rings (SSSR count). The van der Waals surface area contributed by atoms with E-state index in [1.54, 1.807) is 30.5 Å². The Balaban J connectivity index is 1.93. The number of amides is 1. The molecular formula is C23H27N5O6. The van der Waals surface area contributed by atoms with Gasteiger partial charge in [0.25, 0.3) is 5.91 Å². The highest BCUT2D eigenvalue weighted by Gasteiger charge is 2.35. The molecular weight excluding hydrogens is 442 g/mol. The molecule has 11 nitrogen and oxygen atoms in total. The summed E-state index contributed by atoms with van der Waals surface area (Å²) < 4.78 is 0. The standard InChI is InChI=1S/C23H27N5O6/c1-3-23(4-2,14-11-25-18-17(14)20(32)28-22(24)27-18)13-7-5-12(6-8-13)19(31)26-15(21(33)34)9-10-16(29)30/h5-8,11,15H,3-4,9-10H2,1-2H3,(H,26,31)(H,29,30)(H,33,34)(H4,24,25,27,28,32)/t15-/m0/s1. The van der Waals surface area contributed by atoms with Crippen LogP contribution >= 0.6 is 0 Å². The molecule has 2 heterocycles. The van der Waals surface area contributed by atoms with Crippen molar-refractivity contribution in [1.82, 2.24) is 20.3 Å². The van der Waals surface area contributed by atoms with Gasteiger partial charge in [-0.1, -0.05) is 26.0 Å². The first-order valence-corrected chi connectivity index (χ1v) is 10.8. The van der Waals surface area contributed by atoms with Gasteiger partial charge in [-0.3, -0.25) is 9.59 Å². The second-order valence-electron chi connectivity index (χ2n) is 7.99. The van der Waals surface area contributed by atoms with Crippen LogP contribution in [-0.2, 0) is 15.0 Å². The number of hydrogen-bond donors (Lipinski definition) is 6.